The molecule has 38 heavy (non-hydrogen) atoms. The number of amides is 1. The normalized spacial score (nSPS) is 18.6. The lowest BCUT2D eigenvalue weighted by Crippen LogP contribution is -2.33. The summed E-state index contributed by atoms with van der Waals surface area (Å²) in [6.07, 6.45) is 7.18. The summed E-state index contributed by atoms with van der Waals surface area (Å²) in [6.45, 7) is 13.3. The van der Waals surface area contributed by atoms with Crippen LogP contribution in [0.25, 0.3) is 10.9 Å². The average molecular weight is 542 g/mol. The number of aromatic nitrogens is 1. The minimum atomic E-state index is -0.867. The molecular formula is C30H43N3O4S. The molecule has 2 aromatic rings. The van der Waals surface area contributed by atoms with Crippen LogP contribution in [0.2, 0.25) is 0 Å². The Labute approximate surface area is 231 Å². The molecule has 1 amide bonds. The number of nitrogens with one attached hydrogen (secondary N) is 2. The summed E-state index contributed by atoms with van der Waals surface area (Å²) in [7, 11) is 0. The van der Waals surface area contributed by atoms with Crippen molar-refractivity contribution < 1.29 is 19.7 Å². The van der Waals surface area contributed by atoms with Crippen LogP contribution >= 0.6 is 12.2 Å². The highest BCUT2D eigenvalue weighted by Gasteiger charge is 2.27. The van der Waals surface area contributed by atoms with Crippen LogP contribution in [0.3, 0.4) is 0 Å². The minimum Gasteiger partial charge on any atom is -0.508 e. The fraction of sp³-hybridized carbons (Fsp3) is 0.533. The second-order valence-corrected chi connectivity index (χ2v) is 11.8. The van der Waals surface area contributed by atoms with Gasteiger partial charge in [0.2, 0.25) is 0 Å². The van der Waals surface area contributed by atoms with Crippen molar-refractivity contribution in [2.75, 3.05) is 11.9 Å². The number of thiocarbonyl (C=S) groups is 1. The lowest BCUT2D eigenvalue weighted by atomic mass is 9.87. The number of rotatable bonds is 10. The third-order valence-electron chi connectivity index (χ3n) is 6.89. The molecule has 0 saturated carbocycles. The summed E-state index contributed by atoms with van der Waals surface area (Å²) in [5.41, 5.74) is 2.32. The topological polar surface area (TPSA) is 95.8 Å². The number of benzene rings is 1. The summed E-state index contributed by atoms with van der Waals surface area (Å²) in [5.74, 6) is 0.363. The highest BCUT2D eigenvalue weighted by Crippen LogP contribution is 2.29. The van der Waals surface area contributed by atoms with E-state index in [4.69, 9.17) is 17.0 Å². The van der Waals surface area contributed by atoms with Crippen molar-refractivity contribution in [3.05, 3.63) is 53.9 Å². The molecule has 1 aromatic carbocycles. The van der Waals surface area contributed by atoms with Crippen molar-refractivity contribution in [2.24, 2.45) is 17.8 Å². The van der Waals surface area contributed by atoms with E-state index in [0.29, 0.717) is 17.5 Å². The first-order valence-corrected chi connectivity index (χ1v) is 14.0. The summed E-state index contributed by atoms with van der Waals surface area (Å²) < 4.78 is 7.58. The maximum atomic E-state index is 11.9. The number of ether oxygens (including phenoxy) is 1. The number of aliphatic hydroxyl groups is 2. The first-order chi connectivity index (χ1) is 17.9. The number of alkyl carbamates (subject to hydrolysis) is 1. The van der Waals surface area contributed by atoms with Gasteiger partial charge in [-0.15, -0.1) is 0 Å². The number of allylic oxidation sites excluding steroid dienone is 1. The number of fused-ring (bicyclic) bond motifs is 1. The van der Waals surface area contributed by atoms with Gasteiger partial charge in [0.25, 0.3) is 0 Å². The summed E-state index contributed by atoms with van der Waals surface area (Å²) in [6, 6.07) is 8.25. The number of aliphatic hydroxyl groups excluding tert-OH is 2. The Balaban J connectivity index is 1.57. The third kappa shape index (κ3) is 8.08. The SMILES string of the molecule is CCC(CCNC(=O)OC(C)(C)C)CCn1ccc2cc(NC(=S)C3C=C(C(C)C)C(O)=CC3O)ccc21. The quantitative estimate of drug-likeness (QED) is 0.249. The Morgan fingerprint density at radius 3 is 2.58 bits per heavy atom. The number of nitrogens with zero attached hydrogens (tertiary/aromatic N) is 1. The molecule has 1 aliphatic carbocycles. The van der Waals surface area contributed by atoms with E-state index < -0.39 is 17.6 Å². The van der Waals surface area contributed by atoms with Gasteiger partial charge in [-0.25, -0.2) is 4.79 Å². The van der Waals surface area contributed by atoms with Crippen molar-refractivity contribution in [1.82, 2.24) is 9.88 Å². The lowest BCUT2D eigenvalue weighted by molar-refractivity contribution is 0.0524. The second kappa shape index (κ2) is 12.8. The molecule has 4 N–H and O–H groups in total. The summed E-state index contributed by atoms with van der Waals surface area (Å²) in [5, 5.41) is 27.9. The van der Waals surface area contributed by atoms with E-state index >= 15 is 0 Å². The molecule has 3 unspecified atom stereocenters. The largest absolute Gasteiger partial charge is 0.508 e. The Bertz CT molecular complexity index is 1190. The van der Waals surface area contributed by atoms with Gasteiger partial charge in [0.05, 0.1) is 17.0 Å². The molecular weight excluding hydrogens is 498 g/mol. The molecule has 8 heteroatoms. The van der Waals surface area contributed by atoms with Crippen molar-refractivity contribution >= 4 is 39.9 Å². The second-order valence-electron chi connectivity index (χ2n) is 11.4. The average Bonchev–Trinajstić information content (AvgIpc) is 3.22. The smallest absolute Gasteiger partial charge is 0.407 e. The van der Waals surface area contributed by atoms with Crippen LogP contribution in [0.4, 0.5) is 10.5 Å². The van der Waals surface area contributed by atoms with Gasteiger partial charge in [0.1, 0.15) is 11.4 Å². The van der Waals surface area contributed by atoms with Crippen LogP contribution < -0.4 is 10.6 Å². The van der Waals surface area contributed by atoms with E-state index in [1.165, 1.54) is 6.08 Å². The molecule has 0 fully saturated rings. The Kier molecular flexibility index (Phi) is 10.0. The maximum Gasteiger partial charge on any atom is 0.407 e. The Morgan fingerprint density at radius 1 is 1.18 bits per heavy atom. The highest BCUT2D eigenvalue weighted by atomic mass is 32.1. The predicted octanol–water partition coefficient (Wildman–Crippen LogP) is 6.73. The van der Waals surface area contributed by atoms with Gasteiger partial charge in [0.15, 0.2) is 0 Å². The molecule has 0 radical (unpaired) electrons. The zero-order valence-electron chi connectivity index (χ0n) is 23.5. The van der Waals surface area contributed by atoms with Gasteiger partial charge >= 0.3 is 6.09 Å². The maximum absolute atomic E-state index is 11.9. The van der Waals surface area contributed by atoms with Crippen molar-refractivity contribution in [2.45, 2.75) is 79.1 Å². The fourth-order valence-corrected chi connectivity index (χ4v) is 5.05. The van der Waals surface area contributed by atoms with Crippen molar-refractivity contribution in [3.63, 3.8) is 0 Å². The zero-order chi connectivity index (χ0) is 28.0. The van der Waals surface area contributed by atoms with E-state index in [9.17, 15) is 15.0 Å². The van der Waals surface area contributed by atoms with Gasteiger partial charge in [-0.1, -0.05) is 45.5 Å². The van der Waals surface area contributed by atoms with Gasteiger partial charge in [-0.3, -0.25) is 0 Å². The molecule has 1 aromatic heterocycles. The van der Waals surface area contributed by atoms with Gasteiger partial charge in [0, 0.05) is 35.9 Å². The van der Waals surface area contributed by atoms with Crippen LogP contribution in [0.15, 0.2) is 53.9 Å². The van der Waals surface area contributed by atoms with Crippen LogP contribution in [-0.4, -0.2) is 44.1 Å². The van der Waals surface area contributed by atoms with Crippen LogP contribution in [0.5, 0.6) is 0 Å². The number of hydrogen-bond acceptors (Lipinski definition) is 5. The summed E-state index contributed by atoms with van der Waals surface area (Å²) >= 11 is 5.63. The summed E-state index contributed by atoms with van der Waals surface area (Å²) in [4.78, 5) is 12.4. The number of aryl methyl sites for hydroxylation is 1. The van der Waals surface area contributed by atoms with E-state index in [1.807, 2.05) is 46.8 Å². The first kappa shape index (κ1) is 29.7. The standard InChI is InChI=1S/C30H43N3O4S/c1-7-20(10-13-31-29(36)37-30(4,5)6)11-14-33-15-12-21-16-22(8-9-25(21)33)32-28(38)24-17-23(19(2)3)26(34)18-27(24)35/h8-9,12,15-20,24,27,34-35H,7,10-11,13-14H2,1-6H3,(H,31,36)(H,32,38). The fourth-order valence-electron chi connectivity index (χ4n) is 4.72. The molecule has 208 valence electrons. The molecule has 1 heterocycles. The predicted molar refractivity (Wildman–Crippen MR) is 159 cm³/mol. The molecule has 3 atom stereocenters. The Hall–Kier alpha value is -2.84. The molecule has 7 nitrogen and oxygen atoms in total. The van der Waals surface area contributed by atoms with E-state index in [1.54, 1.807) is 0 Å². The molecule has 3 rings (SSSR count). The minimum absolute atomic E-state index is 0.124. The monoisotopic (exact) mass is 541 g/mol. The van der Waals surface area contributed by atoms with Crippen molar-refractivity contribution in [3.8, 4) is 0 Å². The van der Waals surface area contributed by atoms with Gasteiger partial charge in [-0.05, 0) is 81.4 Å². The van der Waals surface area contributed by atoms with Gasteiger partial charge < -0.3 is 30.2 Å². The molecule has 1 aliphatic rings. The first-order valence-electron chi connectivity index (χ1n) is 13.6. The van der Waals surface area contributed by atoms with Crippen LogP contribution in [0.1, 0.15) is 60.8 Å². The zero-order valence-corrected chi connectivity index (χ0v) is 24.3. The van der Waals surface area contributed by atoms with Crippen molar-refractivity contribution in [1.29, 1.82) is 0 Å². The van der Waals surface area contributed by atoms with E-state index in [0.717, 1.165) is 48.0 Å². The third-order valence-corrected chi connectivity index (χ3v) is 7.27. The van der Waals surface area contributed by atoms with E-state index in [2.05, 4.69) is 46.5 Å². The number of anilines is 1. The number of carbonyl (C=O) groups is 1. The molecule has 0 bridgehead atoms. The lowest BCUT2D eigenvalue weighted by Gasteiger charge is -2.26. The molecule has 0 saturated heterocycles. The number of carbonyl (C=O) groups excluding carboxylic acids is 1. The van der Waals surface area contributed by atoms with Crippen LogP contribution in [0, 0.1) is 17.8 Å². The van der Waals surface area contributed by atoms with E-state index in [-0.39, 0.29) is 17.8 Å². The molecule has 0 spiro atoms. The highest BCUT2D eigenvalue weighted by molar-refractivity contribution is 7.80. The Morgan fingerprint density at radius 2 is 1.92 bits per heavy atom. The van der Waals surface area contributed by atoms with Gasteiger partial charge in [-0.2, -0.15) is 0 Å². The van der Waals surface area contributed by atoms with Crippen LogP contribution in [-0.2, 0) is 11.3 Å². The number of hydrogen-bond donors (Lipinski definition) is 4. The molecule has 0 aliphatic heterocycles.